The molecule has 0 aliphatic rings. The standard InChI is InChI=1S/C12H12N2O4/c1-17-10-4-2-3-9(7-10)13-8-11-5-6-12(18-11)14(15)16/h2-7,13H,8H2,1H3. The molecule has 0 atom stereocenters. The fraction of sp³-hybridized carbons (Fsp3) is 0.167. The number of benzene rings is 1. The van der Waals surface area contributed by atoms with Gasteiger partial charge < -0.3 is 14.5 Å². The van der Waals surface area contributed by atoms with Crippen molar-refractivity contribution < 1.29 is 14.1 Å². The van der Waals surface area contributed by atoms with Gasteiger partial charge in [0.2, 0.25) is 0 Å². The molecule has 1 N–H and O–H groups in total. The van der Waals surface area contributed by atoms with Gasteiger partial charge in [-0.05, 0) is 18.2 Å². The smallest absolute Gasteiger partial charge is 0.433 e. The number of hydrogen-bond donors (Lipinski definition) is 1. The van der Waals surface area contributed by atoms with Crippen LogP contribution in [0.2, 0.25) is 0 Å². The van der Waals surface area contributed by atoms with Crippen LogP contribution in [0.5, 0.6) is 5.75 Å². The van der Waals surface area contributed by atoms with Gasteiger partial charge in [0.1, 0.15) is 16.4 Å². The number of nitro groups is 1. The van der Waals surface area contributed by atoms with Crippen LogP contribution in [0, 0.1) is 10.1 Å². The lowest BCUT2D eigenvalue weighted by molar-refractivity contribution is -0.402. The molecule has 94 valence electrons. The van der Waals surface area contributed by atoms with Gasteiger partial charge in [-0.1, -0.05) is 6.07 Å². The van der Waals surface area contributed by atoms with Crippen LogP contribution in [0.3, 0.4) is 0 Å². The first kappa shape index (κ1) is 12.0. The van der Waals surface area contributed by atoms with Gasteiger partial charge in [0.25, 0.3) is 0 Å². The Kier molecular flexibility index (Phi) is 3.47. The highest BCUT2D eigenvalue weighted by molar-refractivity contribution is 5.48. The number of nitrogens with one attached hydrogen (secondary N) is 1. The van der Waals surface area contributed by atoms with Crippen molar-refractivity contribution in [1.29, 1.82) is 0 Å². The molecule has 1 heterocycles. The predicted octanol–water partition coefficient (Wildman–Crippen LogP) is 2.81. The first-order chi connectivity index (χ1) is 8.69. The highest BCUT2D eigenvalue weighted by atomic mass is 16.6. The second kappa shape index (κ2) is 5.22. The van der Waals surface area contributed by atoms with Crippen LogP contribution in [0.4, 0.5) is 11.6 Å². The van der Waals surface area contributed by atoms with Crippen LogP contribution in [-0.4, -0.2) is 12.0 Å². The summed E-state index contributed by atoms with van der Waals surface area (Å²) < 4.78 is 10.1. The van der Waals surface area contributed by atoms with Gasteiger partial charge in [-0.2, -0.15) is 0 Å². The minimum atomic E-state index is -0.560. The van der Waals surface area contributed by atoms with E-state index >= 15 is 0 Å². The molecule has 6 heteroatoms. The summed E-state index contributed by atoms with van der Waals surface area (Å²) in [5.41, 5.74) is 0.855. The third-order valence-corrected chi connectivity index (χ3v) is 2.36. The van der Waals surface area contributed by atoms with Gasteiger partial charge in [0, 0.05) is 11.8 Å². The van der Waals surface area contributed by atoms with E-state index in [0.717, 1.165) is 11.4 Å². The lowest BCUT2D eigenvalue weighted by Gasteiger charge is -2.06. The SMILES string of the molecule is COc1cccc(NCc2ccc([N+](=O)[O-])o2)c1. The summed E-state index contributed by atoms with van der Waals surface area (Å²) in [6, 6.07) is 10.3. The molecule has 0 saturated heterocycles. The minimum Gasteiger partial charge on any atom is -0.497 e. The molecule has 1 aromatic heterocycles. The number of methoxy groups -OCH3 is 1. The van der Waals surface area contributed by atoms with E-state index in [1.807, 2.05) is 24.3 Å². The summed E-state index contributed by atoms with van der Waals surface area (Å²) in [6.45, 7) is 0.376. The zero-order valence-electron chi connectivity index (χ0n) is 9.75. The molecule has 2 aromatic rings. The fourth-order valence-corrected chi connectivity index (χ4v) is 1.48. The first-order valence-electron chi connectivity index (χ1n) is 5.30. The summed E-state index contributed by atoms with van der Waals surface area (Å²) in [4.78, 5) is 9.89. The zero-order chi connectivity index (χ0) is 13.0. The summed E-state index contributed by atoms with van der Waals surface area (Å²) in [5.74, 6) is 0.993. The third kappa shape index (κ3) is 2.79. The van der Waals surface area contributed by atoms with Crippen molar-refractivity contribution in [2.45, 2.75) is 6.54 Å². The fourth-order valence-electron chi connectivity index (χ4n) is 1.48. The summed E-state index contributed by atoms with van der Waals surface area (Å²) in [7, 11) is 1.59. The summed E-state index contributed by atoms with van der Waals surface area (Å²) in [6.07, 6.45) is 0. The van der Waals surface area contributed by atoms with Crippen molar-refractivity contribution >= 4 is 11.6 Å². The Morgan fingerprint density at radius 1 is 1.39 bits per heavy atom. The zero-order valence-corrected chi connectivity index (χ0v) is 9.75. The molecule has 0 spiro atoms. The van der Waals surface area contributed by atoms with Crippen LogP contribution in [0.1, 0.15) is 5.76 Å². The maximum Gasteiger partial charge on any atom is 0.433 e. The molecule has 0 aliphatic carbocycles. The van der Waals surface area contributed by atoms with Crippen LogP contribution in [0.15, 0.2) is 40.8 Å². The van der Waals surface area contributed by atoms with E-state index in [9.17, 15) is 10.1 Å². The number of furan rings is 1. The molecular weight excluding hydrogens is 236 g/mol. The maximum absolute atomic E-state index is 10.4. The van der Waals surface area contributed by atoms with Crippen molar-refractivity contribution in [3.8, 4) is 5.75 Å². The molecule has 18 heavy (non-hydrogen) atoms. The molecule has 0 saturated carbocycles. The third-order valence-electron chi connectivity index (χ3n) is 2.36. The van der Waals surface area contributed by atoms with Gasteiger partial charge in [-0.3, -0.25) is 10.1 Å². The molecule has 2 rings (SSSR count). The van der Waals surface area contributed by atoms with Crippen molar-refractivity contribution in [3.63, 3.8) is 0 Å². The molecule has 0 amide bonds. The second-order valence-corrected chi connectivity index (χ2v) is 3.58. The Morgan fingerprint density at radius 3 is 2.89 bits per heavy atom. The minimum absolute atomic E-state index is 0.252. The highest BCUT2D eigenvalue weighted by Gasteiger charge is 2.11. The second-order valence-electron chi connectivity index (χ2n) is 3.58. The number of rotatable bonds is 5. The van der Waals surface area contributed by atoms with Crippen LogP contribution in [-0.2, 0) is 6.54 Å². The lowest BCUT2D eigenvalue weighted by atomic mass is 10.3. The monoisotopic (exact) mass is 248 g/mol. The molecule has 1 aromatic carbocycles. The lowest BCUT2D eigenvalue weighted by Crippen LogP contribution is -1.98. The molecule has 0 bridgehead atoms. The molecule has 6 nitrogen and oxygen atoms in total. The van der Waals surface area contributed by atoms with Crippen molar-refractivity contribution in [3.05, 3.63) is 52.3 Å². The number of anilines is 1. The van der Waals surface area contributed by atoms with Crippen LogP contribution in [0.25, 0.3) is 0 Å². The Bertz CT molecular complexity index is 551. The topological polar surface area (TPSA) is 77.5 Å². The van der Waals surface area contributed by atoms with E-state index in [1.54, 1.807) is 13.2 Å². The Morgan fingerprint density at radius 2 is 2.22 bits per heavy atom. The summed E-state index contributed by atoms with van der Waals surface area (Å²) >= 11 is 0. The largest absolute Gasteiger partial charge is 0.497 e. The maximum atomic E-state index is 10.4. The quantitative estimate of drug-likeness (QED) is 0.650. The Hall–Kier alpha value is -2.50. The van der Waals surface area contributed by atoms with Crippen LogP contribution < -0.4 is 10.1 Å². The average molecular weight is 248 g/mol. The van der Waals surface area contributed by atoms with Crippen molar-refractivity contribution in [1.82, 2.24) is 0 Å². The predicted molar refractivity (Wildman–Crippen MR) is 65.7 cm³/mol. The number of ether oxygens (including phenoxy) is 1. The van der Waals surface area contributed by atoms with E-state index in [-0.39, 0.29) is 5.88 Å². The number of hydrogen-bond acceptors (Lipinski definition) is 5. The van der Waals surface area contributed by atoms with E-state index in [0.29, 0.717) is 12.3 Å². The first-order valence-corrected chi connectivity index (χ1v) is 5.30. The van der Waals surface area contributed by atoms with E-state index in [2.05, 4.69) is 5.32 Å². The van der Waals surface area contributed by atoms with E-state index in [1.165, 1.54) is 6.07 Å². The molecule has 0 unspecified atom stereocenters. The molecule has 0 fully saturated rings. The Balaban J connectivity index is 1.99. The van der Waals surface area contributed by atoms with Gasteiger partial charge >= 0.3 is 5.88 Å². The van der Waals surface area contributed by atoms with Crippen molar-refractivity contribution in [2.24, 2.45) is 0 Å². The Labute approximate surface area is 103 Å². The molecule has 0 radical (unpaired) electrons. The molecular formula is C12H12N2O4. The van der Waals surface area contributed by atoms with Gasteiger partial charge in [-0.25, -0.2) is 0 Å². The van der Waals surface area contributed by atoms with Gasteiger partial charge in [-0.15, -0.1) is 0 Å². The van der Waals surface area contributed by atoms with Gasteiger partial charge in [0.15, 0.2) is 0 Å². The van der Waals surface area contributed by atoms with Crippen molar-refractivity contribution in [2.75, 3.05) is 12.4 Å². The van der Waals surface area contributed by atoms with Crippen LogP contribution >= 0.6 is 0 Å². The average Bonchev–Trinajstić information content (AvgIpc) is 2.85. The van der Waals surface area contributed by atoms with Gasteiger partial charge in [0.05, 0.1) is 19.7 Å². The van der Waals surface area contributed by atoms with E-state index in [4.69, 9.17) is 9.15 Å². The van der Waals surface area contributed by atoms with E-state index < -0.39 is 4.92 Å². The normalized spacial score (nSPS) is 10.1. The number of nitrogens with zero attached hydrogens (tertiary/aromatic N) is 1. The molecule has 0 aliphatic heterocycles. The highest BCUT2D eigenvalue weighted by Crippen LogP contribution is 2.19. The summed E-state index contributed by atoms with van der Waals surface area (Å²) in [5, 5.41) is 13.5.